The van der Waals surface area contributed by atoms with Crippen LogP contribution in [0.2, 0.25) is 0 Å². The number of imidazole rings is 1. The number of nitrogens with one attached hydrogen (secondary N) is 1. The van der Waals surface area contributed by atoms with Gasteiger partial charge in [0, 0.05) is 30.6 Å². The van der Waals surface area contributed by atoms with Crippen LogP contribution in [0, 0.1) is 6.92 Å². The lowest BCUT2D eigenvalue weighted by Crippen LogP contribution is -2.26. The van der Waals surface area contributed by atoms with Gasteiger partial charge in [0.25, 0.3) is 5.91 Å². The summed E-state index contributed by atoms with van der Waals surface area (Å²) in [7, 11) is 4.59. The molecule has 9 heteroatoms. The molecule has 0 aliphatic heterocycles. The molecule has 2 amide bonds. The lowest BCUT2D eigenvalue weighted by molar-refractivity contribution is 0.0992. The first-order valence-corrected chi connectivity index (χ1v) is 10.1. The highest BCUT2D eigenvalue weighted by molar-refractivity contribution is 6.06. The number of amides is 2. The Hall–Kier alpha value is -4.40. The van der Waals surface area contributed by atoms with Gasteiger partial charge >= 0.3 is 6.09 Å². The van der Waals surface area contributed by atoms with Crippen LogP contribution in [0.15, 0.2) is 61.1 Å². The Morgan fingerprint density at radius 1 is 1.06 bits per heavy atom. The summed E-state index contributed by atoms with van der Waals surface area (Å²) in [5.41, 5.74) is 4.53. The molecular formula is C24H23N5O4. The fraction of sp³-hybridized carbons (Fsp3) is 0.167. The van der Waals surface area contributed by atoms with Gasteiger partial charge in [-0.3, -0.25) is 14.5 Å². The van der Waals surface area contributed by atoms with Crippen LogP contribution >= 0.6 is 0 Å². The van der Waals surface area contributed by atoms with E-state index in [1.165, 1.54) is 7.11 Å². The lowest BCUT2D eigenvalue weighted by Gasteiger charge is -2.19. The second-order valence-corrected chi connectivity index (χ2v) is 7.36. The zero-order valence-electron chi connectivity index (χ0n) is 18.7. The number of methoxy groups -OCH3 is 2. The van der Waals surface area contributed by atoms with Crippen molar-refractivity contribution in [2.75, 3.05) is 31.5 Å². The molecule has 3 heterocycles. The van der Waals surface area contributed by atoms with E-state index in [0.29, 0.717) is 22.8 Å². The average molecular weight is 445 g/mol. The van der Waals surface area contributed by atoms with Crippen molar-refractivity contribution >= 4 is 29.2 Å². The maximum Gasteiger partial charge on any atom is 0.412 e. The van der Waals surface area contributed by atoms with E-state index in [1.807, 2.05) is 29.7 Å². The van der Waals surface area contributed by atoms with Crippen LogP contribution in [0.4, 0.5) is 16.3 Å². The number of nitrogens with zero attached hydrogens (tertiary/aromatic N) is 4. The van der Waals surface area contributed by atoms with Crippen LogP contribution in [0.25, 0.3) is 16.9 Å². The van der Waals surface area contributed by atoms with Gasteiger partial charge in [0.2, 0.25) is 0 Å². The summed E-state index contributed by atoms with van der Waals surface area (Å²) in [6.07, 6.45) is 4.67. The molecule has 0 saturated carbocycles. The van der Waals surface area contributed by atoms with Gasteiger partial charge in [-0.05, 0) is 48.9 Å². The van der Waals surface area contributed by atoms with E-state index < -0.39 is 6.09 Å². The van der Waals surface area contributed by atoms with Gasteiger partial charge in [-0.1, -0.05) is 6.07 Å². The van der Waals surface area contributed by atoms with Crippen molar-refractivity contribution in [2.24, 2.45) is 0 Å². The smallest absolute Gasteiger partial charge is 0.412 e. The highest BCUT2D eigenvalue weighted by Crippen LogP contribution is 2.27. The molecule has 0 unspecified atom stereocenters. The number of aryl methyl sites for hydroxylation is 1. The fourth-order valence-corrected chi connectivity index (χ4v) is 3.48. The third kappa shape index (κ3) is 4.33. The Morgan fingerprint density at radius 2 is 1.88 bits per heavy atom. The maximum absolute atomic E-state index is 13.1. The van der Waals surface area contributed by atoms with Crippen molar-refractivity contribution in [1.29, 1.82) is 0 Å². The standard InChI is InChI=1S/C24H23N5O4/c1-15-10-18(28(2)23(30)16-6-5-7-19(11-16)32-3)14-29-20(13-26-22(15)29)17-8-9-21(25-12-17)27-24(31)33-4/h5-14H,1-4H3,(H,25,27,31). The zero-order valence-corrected chi connectivity index (χ0v) is 18.7. The van der Waals surface area contributed by atoms with Gasteiger partial charge in [-0.15, -0.1) is 0 Å². The molecule has 9 nitrogen and oxygen atoms in total. The molecule has 4 rings (SSSR count). The predicted octanol–water partition coefficient (Wildman–Crippen LogP) is 4.17. The number of rotatable bonds is 5. The van der Waals surface area contributed by atoms with Crippen molar-refractivity contribution in [1.82, 2.24) is 14.4 Å². The van der Waals surface area contributed by atoms with E-state index in [-0.39, 0.29) is 5.91 Å². The zero-order chi connectivity index (χ0) is 23.5. The second-order valence-electron chi connectivity index (χ2n) is 7.36. The van der Waals surface area contributed by atoms with Crippen LogP contribution in [-0.4, -0.2) is 47.6 Å². The van der Waals surface area contributed by atoms with E-state index >= 15 is 0 Å². The molecule has 0 spiro atoms. The number of carbonyl (C=O) groups excluding carboxylic acids is 2. The van der Waals surface area contributed by atoms with E-state index in [2.05, 4.69) is 20.0 Å². The molecule has 0 saturated heterocycles. The molecule has 1 N–H and O–H groups in total. The van der Waals surface area contributed by atoms with Crippen molar-refractivity contribution < 1.29 is 19.1 Å². The van der Waals surface area contributed by atoms with Crippen LogP contribution in [0.1, 0.15) is 15.9 Å². The molecule has 0 bridgehead atoms. The van der Waals surface area contributed by atoms with Gasteiger partial charge in [0.05, 0.1) is 31.8 Å². The van der Waals surface area contributed by atoms with Gasteiger partial charge in [-0.25, -0.2) is 14.8 Å². The molecule has 0 atom stereocenters. The highest BCUT2D eigenvalue weighted by atomic mass is 16.5. The van der Waals surface area contributed by atoms with Crippen LogP contribution in [0.3, 0.4) is 0 Å². The lowest BCUT2D eigenvalue weighted by atomic mass is 10.1. The number of benzene rings is 1. The third-order valence-electron chi connectivity index (χ3n) is 5.26. The summed E-state index contributed by atoms with van der Waals surface area (Å²) in [6, 6.07) is 12.5. The van der Waals surface area contributed by atoms with Crippen molar-refractivity contribution in [2.45, 2.75) is 6.92 Å². The predicted molar refractivity (Wildman–Crippen MR) is 125 cm³/mol. The largest absolute Gasteiger partial charge is 0.497 e. The summed E-state index contributed by atoms with van der Waals surface area (Å²) in [4.78, 5) is 34.9. The summed E-state index contributed by atoms with van der Waals surface area (Å²) >= 11 is 0. The van der Waals surface area contributed by atoms with E-state index in [4.69, 9.17) is 4.74 Å². The second kappa shape index (κ2) is 8.99. The van der Waals surface area contributed by atoms with Crippen molar-refractivity contribution in [3.63, 3.8) is 0 Å². The molecule has 0 aliphatic carbocycles. The van der Waals surface area contributed by atoms with Crippen LogP contribution in [0.5, 0.6) is 5.75 Å². The summed E-state index contributed by atoms with van der Waals surface area (Å²) in [5.74, 6) is 0.838. The molecule has 3 aromatic heterocycles. The Labute approximate surface area is 190 Å². The molecule has 33 heavy (non-hydrogen) atoms. The van der Waals surface area contributed by atoms with Gasteiger partial charge < -0.3 is 14.4 Å². The van der Waals surface area contributed by atoms with E-state index in [0.717, 1.165) is 22.5 Å². The number of anilines is 2. The molecule has 168 valence electrons. The first-order chi connectivity index (χ1) is 15.9. The minimum absolute atomic E-state index is 0.158. The summed E-state index contributed by atoms with van der Waals surface area (Å²) in [6.45, 7) is 1.95. The van der Waals surface area contributed by atoms with Crippen molar-refractivity contribution in [3.05, 3.63) is 72.2 Å². The molecule has 0 aliphatic rings. The first kappa shape index (κ1) is 21.8. The van der Waals surface area contributed by atoms with Gasteiger partial charge in [0.1, 0.15) is 17.2 Å². The van der Waals surface area contributed by atoms with Gasteiger partial charge in [-0.2, -0.15) is 0 Å². The average Bonchev–Trinajstić information content (AvgIpc) is 3.28. The Balaban J connectivity index is 1.68. The quantitative estimate of drug-likeness (QED) is 0.495. The SMILES string of the molecule is COC(=O)Nc1ccc(-c2cnc3c(C)cc(N(C)C(=O)c4cccc(OC)c4)cn23)cn1. The maximum atomic E-state index is 13.1. The van der Waals surface area contributed by atoms with Crippen LogP contribution in [-0.2, 0) is 4.74 Å². The first-order valence-electron chi connectivity index (χ1n) is 10.1. The van der Waals surface area contributed by atoms with E-state index in [1.54, 1.807) is 61.8 Å². The van der Waals surface area contributed by atoms with Crippen molar-refractivity contribution in [3.8, 4) is 17.0 Å². The van der Waals surface area contributed by atoms with Gasteiger partial charge in [0.15, 0.2) is 0 Å². The number of ether oxygens (including phenoxy) is 2. The number of hydrogen-bond acceptors (Lipinski definition) is 6. The minimum Gasteiger partial charge on any atom is -0.497 e. The minimum atomic E-state index is -0.589. The number of hydrogen-bond donors (Lipinski definition) is 1. The highest BCUT2D eigenvalue weighted by Gasteiger charge is 2.17. The molecule has 0 fully saturated rings. The Kier molecular flexibility index (Phi) is 5.95. The molecule has 0 radical (unpaired) electrons. The number of carbonyl (C=O) groups is 2. The number of fused-ring (bicyclic) bond motifs is 1. The third-order valence-corrected chi connectivity index (χ3v) is 5.26. The summed E-state index contributed by atoms with van der Waals surface area (Å²) < 4.78 is 11.7. The Bertz CT molecular complexity index is 1330. The fourth-order valence-electron chi connectivity index (χ4n) is 3.48. The number of aromatic nitrogens is 3. The summed E-state index contributed by atoms with van der Waals surface area (Å²) in [5, 5.41) is 2.52. The molecule has 4 aromatic rings. The molecular weight excluding hydrogens is 422 g/mol. The van der Waals surface area contributed by atoms with E-state index in [9.17, 15) is 9.59 Å². The van der Waals surface area contributed by atoms with Crippen LogP contribution < -0.4 is 15.0 Å². The Morgan fingerprint density at radius 3 is 2.58 bits per heavy atom. The monoisotopic (exact) mass is 445 g/mol. The molecule has 1 aromatic carbocycles. The topological polar surface area (TPSA) is 98.1 Å². The normalized spacial score (nSPS) is 10.7. The number of pyridine rings is 2.